The highest BCUT2D eigenvalue weighted by atomic mass is 16.4. The van der Waals surface area contributed by atoms with Crippen LogP contribution >= 0.6 is 0 Å². The first kappa shape index (κ1) is 9.51. The molecule has 1 N–H and O–H groups in total. The summed E-state index contributed by atoms with van der Waals surface area (Å²) in [6.45, 7) is 2.34. The minimum Gasteiger partial charge on any atom is -0.478 e. The Balaban J connectivity index is 2.60. The molecular formula is C9H12N2O2. The molecule has 4 nitrogen and oxygen atoms in total. The van der Waals surface area contributed by atoms with Crippen molar-refractivity contribution in [2.75, 3.05) is 0 Å². The average molecular weight is 180 g/mol. The molecule has 13 heavy (non-hydrogen) atoms. The van der Waals surface area contributed by atoms with Crippen LogP contribution < -0.4 is 0 Å². The predicted octanol–water partition coefficient (Wildman–Crippen LogP) is 1.30. The Kier molecular flexibility index (Phi) is 3.25. The van der Waals surface area contributed by atoms with Gasteiger partial charge >= 0.3 is 5.97 Å². The summed E-state index contributed by atoms with van der Waals surface area (Å²) >= 11 is 0. The van der Waals surface area contributed by atoms with Gasteiger partial charge in [-0.1, -0.05) is 13.0 Å². The van der Waals surface area contributed by atoms with Crippen molar-refractivity contribution in [3.63, 3.8) is 0 Å². The zero-order valence-corrected chi connectivity index (χ0v) is 7.47. The highest BCUT2D eigenvalue weighted by Crippen LogP contribution is 2.00. The van der Waals surface area contributed by atoms with Gasteiger partial charge in [-0.05, 0) is 12.5 Å². The predicted molar refractivity (Wildman–Crippen MR) is 48.2 cm³/mol. The smallest absolute Gasteiger partial charge is 0.331 e. The number of allylic oxidation sites excluding steroid dienone is 1. The largest absolute Gasteiger partial charge is 0.478 e. The number of carboxylic acid groups (broad SMARTS) is 1. The highest BCUT2D eigenvalue weighted by Gasteiger charge is 2.02. The average Bonchev–Trinajstić information content (AvgIpc) is 2.57. The van der Waals surface area contributed by atoms with E-state index in [0.29, 0.717) is 18.5 Å². The van der Waals surface area contributed by atoms with Crippen LogP contribution in [-0.2, 0) is 11.3 Å². The quantitative estimate of drug-likeness (QED) is 0.710. The fraction of sp³-hybridized carbons (Fsp3) is 0.333. The van der Waals surface area contributed by atoms with Crippen molar-refractivity contribution >= 4 is 5.97 Å². The van der Waals surface area contributed by atoms with E-state index in [-0.39, 0.29) is 0 Å². The topological polar surface area (TPSA) is 55.1 Å². The molecule has 0 aliphatic rings. The molecule has 0 aliphatic carbocycles. The first-order valence-corrected chi connectivity index (χ1v) is 4.13. The summed E-state index contributed by atoms with van der Waals surface area (Å²) in [7, 11) is 0. The Labute approximate surface area is 76.5 Å². The molecule has 0 saturated heterocycles. The van der Waals surface area contributed by atoms with E-state index in [1.165, 1.54) is 0 Å². The van der Waals surface area contributed by atoms with Crippen LogP contribution in [0, 0.1) is 0 Å². The second-order valence-corrected chi connectivity index (χ2v) is 2.62. The van der Waals surface area contributed by atoms with Crippen LogP contribution in [0.4, 0.5) is 0 Å². The van der Waals surface area contributed by atoms with Crippen LogP contribution in [0.15, 0.2) is 30.1 Å². The number of aromatic nitrogens is 2. The number of aliphatic carboxylic acids is 1. The zero-order valence-electron chi connectivity index (χ0n) is 7.47. The second-order valence-electron chi connectivity index (χ2n) is 2.62. The van der Waals surface area contributed by atoms with Crippen molar-refractivity contribution in [2.24, 2.45) is 0 Å². The number of carboxylic acids is 1. The fourth-order valence-corrected chi connectivity index (χ4v) is 0.995. The number of hydrogen-bond donors (Lipinski definition) is 1. The summed E-state index contributed by atoms with van der Waals surface area (Å²) in [6.07, 6.45) is 5.68. The highest BCUT2D eigenvalue weighted by molar-refractivity contribution is 5.86. The van der Waals surface area contributed by atoms with Gasteiger partial charge in [0.15, 0.2) is 0 Å². The number of rotatable bonds is 4. The van der Waals surface area contributed by atoms with E-state index in [1.54, 1.807) is 29.2 Å². The van der Waals surface area contributed by atoms with Crippen molar-refractivity contribution in [3.8, 4) is 0 Å². The first-order chi connectivity index (χ1) is 6.24. The number of hydrogen-bond acceptors (Lipinski definition) is 2. The minimum atomic E-state index is -0.852. The van der Waals surface area contributed by atoms with Gasteiger partial charge in [-0.2, -0.15) is 5.10 Å². The Hall–Kier alpha value is -1.58. The number of carbonyl (C=O) groups is 1. The monoisotopic (exact) mass is 180 g/mol. The molecule has 4 heteroatoms. The van der Waals surface area contributed by atoms with Gasteiger partial charge in [-0.3, -0.25) is 4.68 Å². The van der Waals surface area contributed by atoms with Gasteiger partial charge in [0.1, 0.15) is 0 Å². The van der Waals surface area contributed by atoms with Crippen LogP contribution in [-0.4, -0.2) is 20.9 Å². The third kappa shape index (κ3) is 2.74. The molecule has 0 unspecified atom stereocenters. The van der Waals surface area contributed by atoms with Gasteiger partial charge in [-0.15, -0.1) is 0 Å². The van der Waals surface area contributed by atoms with Crippen molar-refractivity contribution in [1.29, 1.82) is 0 Å². The van der Waals surface area contributed by atoms with Gasteiger partial charge in [-0.25, -0.2) is 4.79 Å². The van der Waals surface area contributed by atoms with E-state index in [0.717, 1.165) is 0 Å². The molecule has 1 heterocycles. The lowest BCUT2D eigenvalue weighted by Crippen LogP contribution is -2.02. The molecule has 0 fully saturated rings. The normalized spacial score (nSPS) is 11.6. The van der Waals surface area contributed by atoms with Crippen LogP contribution in [0.2, 0.25) is 0 Å². The van der Waals surface area contributed by atoms with E-state index in [9.17, 15) is 4.79 Å². The lowest BCUT2D eigenvalue weighted by atomic mass is 10.2. The van der Waals surface area contributed by atoms with Gasteiger partial charge in [0.05, 0.1) is 6.54 Å². The molecule has 0 aliphatic heterocycles. The Morgan fingerprint density at radius 2 is 2.46 bits per heavy atom. The molecule has 0 atom stereocenters. The third-order valence-electron chi connectivity index (χ3n) is 1.74. The fourth-order valence-electron chi connectivity index (χ4n) is 0.995. The van der Waals surface area contributed by atoms with Crippen LogP contribution in [0.3, 0.4) is 0 Å². The lowest BCUT2D eigenvalue weighted by Gasteiger charge is -1.98. The van der Waals surface area contributed by atoms with Crippen molar-refractivity contribution in [1.82, 2.24) is 9.78 Å². The van der Waals surface area contributed by atoms with E-state index in [4.69, 9.17) is 5.11 Å². The second kappa shape index (κ2) is 4.45. The summed E-state index contributed by atoms with van der Waals surface area (Å²) in [4.78, 5) is 10.6. The molecule has 1 aromatic heterocycles. The molecule has 1 rings (SSSR count). The molecule has 0 aromatic carbocycles. The van der Waals surface area contributed by atoms with Gasteiger partial charge in [0.25, 0.3) is 0 Å². The van der Waals surface area contributed by atoms with Gasteiger partial charge in [0, 0.05) is 18.0 Å². The summed E-state index contributed by atoms with van der Waals surface area (Å²) in [5.41, 5.74) is 0.426. The van der Waals surface area contributed by atoms with E-state index < -0.39 is 5.97 Å². The maximum atomic E-state index is 10.6. The lowest BCUT2D eigenvalue weighted by molar-refractivity contribution is -0.132. The van der Waals surface area contributed by atoms with E-state index in [1.807, 2.05) is 6.92 Å². The molecule has 0 spiro atoms. The van der Waals surface area contributed by atoms with Crippen LogP contribution in [0.1, 0.15) is 13.3 Å². The Bertz CT molecular complexity index is 301. The maximum Gasteiger partial charge on any atom is 0.331 e. The summed E-state index contributed by atoms with van der Waals surface area (Å²) in [5, 5.41) is 12.7. The molecule has 70 valence electrons. The maximum absolute atomic E-state index is 10.6. The summed E-state index contributed by atoms with van der Waals surface area (Å²) < 4.78 is 1.68. The molecule has 0 saturated carbocycles. The van der Waals surface area contributed by atoms with Gasteiger partial charge in [0.2, 0.25) is 0 Å². The molecule has 0 amide bonds. The van der Waals surface area contributed by atoms with E-state index >= 15 is 0 Å². The standard InChI is InChI=1S/C9H12N2O2/c1-2-8(9(12)13)4-7-11-6-3-5-10-11/h3-6H,2,7H2,1H3,(H,12,13). The van der Waals surface area contributed by atoms with Gasteiger partial charge < -0.3 is 5.11 Å². The third-order valence-corrected chi connectivity index (χ3v) is 1.74. The first-order valence-electron chi connectivity index (χ1n) is 4.13. The Morgan fingerprint density at radius 3 is 2.92 bits per heavy atom. The van der Waals surface area contributed by atoms with Crippen molar-refractivity contribution in [3.05, 3.63) is 30.1 Å². The molecule has 1 aromatic rings. The van der Waals surface area contributed by atoms with Crippen molar-refractivity contribution < 1.29 is 9.90 Å². The van der Waals surface area contributed by atoms with E-state index in [2.05, 4.69) is 5.10 Å². The summed E-state index contributed by atoms with van der Waals surface area (Å²) in [6, 6.07) is 1.81. The Morgan fingerprint density at radius 1 is 1.69 bits per heavy atom. The van der Waals surface area contributed by atoms with Crippen LogP contribution in [0.25, 0.3) is 0 Å². The minimum absolute atomic E-state index is 0.426. The van der Waals surface area contributed by atoms with Crippen molar-refractivity contribution in [2.45, 2.75) is 19.9 Å². The zero-order chi connectivity index (χ0) is 9.68. The van der Waals surface area contributed by atoms with Crippen LogP contribution in [0.5, 0.6) is 0 Å². The summed E-state index contributed by atoms with van der Waals surface area (Å²) in [5.74, 6) is -0.852. The molecular weight excluding hydrogens is 168 g/mol. The molecule has 0 bridgehead atoms. The number of nitrogens with zero attached hydrogens (tertiary/aromatic N) is 2. The molecule has 0 radical (unpaired) electrons. The SMILES string of the molecule is CCC(=CCn1cccn1)C(=O)O.